The fraction of sp³-hybridized carbons (Fsp3) is 0.786. The summed E-state index contributed by atoms with van der Waals surface area (Å²) in [6, 6.07) is 2.19. The van der Waals surface area contributed by atoms with Crippen molar-refractivity contribution < 1.29 is 4.74 Å². The first kappa shape index (κ1) is 14.5. The van der Waals surface area contributed by atoms with Crippen molar-refractivity contribution in [1.82, 2.24) is 14.7 Å². The minimum Gasteiger partial charge on any atom is -0.374 e. The van der Waals surface area contributed by atoms with Crippen LogP contribution in [0.5, 0.6) is 0 Å². The maximum absolute atomic E-state index is 6.32. The fourth-order valence-electron chi connectivity index (χ4n) is 2.59. The molecule has 5 nitrogen and oxygen atoms in total. The number of nitrogens with two attached hydrogens (primary N) is 1. The van der Waals surface area contributed by atoms with Crippen molar-refractivity contribution in [2.24, 2.45) is 12.8 Å². The van der Waals surface area contributed by atoms with Gasteiger partial charge in [0.15, 0.2) is 0 Å². The van der Waals surface area contributed by atoms with Gasteiger partial charge in [-0.2, -0.15) is 5.10 Å². The van der Waals surface area contributed by atoms with Gasteiger partial charge in [-0.25, -0.2) is 0 Å². The molecule has 2 rings (SSSR count). The van der Waals surface area contributed by atoms with E-state index in [0.29, 0.717) is 0 Å². The third-order valence-electron chi connectivity index (χ3n) is 3.94. The Bertz CT molecular complexity index is 404. The quantitative estimate of drug-likeness (QED) is 0.847. The lowest BCUT2D eigenvalue weighted by atomic mass is 10.0. The summed E-state index contributed by atoms with van der Waals surface area (Å²) in [7, 11) is 1.99. The van der Waals surface area contributed by atoms with Crippen LogP contribution in [-0.2, 0) is 24.6 Å². The van der Waals surface area contributed by atoms with Crippen molar-refractivity contribution in [3.63, 3.8) is 0 Å². The number of hydrogen-bond acceptors (Lipinski definition) is 4. The van der Waals surface area contributed by atoms with E-state index >= 15 is 0 Å². The molecular weight excluding hydrogens is 240 g/mol. The highest BCUT2D eigenvalue weighted by Crippen LogP contribution is 2.13. The predicted octanol–water partition coefficient (Wildman–Crippen LogP) is 0.573. The summed E-state index contributed by atoms with van der Waals surface area (Å²) < 4.78 is 7.76. The monoisotopic (exact) mass is 266 g/mol. The third-order valence-corrected chi connectivity index (χ3v) is 3.94. The van der Waals surface area contributed by atoms with Crippen molar-refractivity contribution >= 4 is 0 Å². The SMILES string of the molecule is CCc1cc(CC(N)C2CN(CC)CCO2)n(C)n1. The van der Waals surface area contributed by atoms with Crippen LogP contribution in [-0.4, -0.2) is 53.1 Å². The van der Waals surface area contributed by atoms with E-state index in [1.54, 1.807) is 0 Å². The number of rotatable bonds is 5. The van der Waals surface area contributed by atoms with E-state index in [1.165, 1.54) is 5.69 Å². The van der Waals surface area contributed by atoms with Gasteiger partial charge in [0.1, 0.15) is 0 Å². The predicted molar refractivity (Wildman–Crippen MR) is 76.1 cm³/mol. The average molecular weight is 266 g/mol. The summed E-state index contributed by atoms with van der Waals surface area (Å²) in [5.41, 5.74) is 8.65. The van der Waals surface area contributed by atoms with Gasteiger partial charge in [0, 0.05) is 38.3 Å². The molecule has 1 aliphatic heterocycles. The Morgan fingerprint density at radius 3 is 2.95 bits per heavy atom. The molecule has 1 fully saturated rings. The van der Waals surface area contributed by atoms with Crippen molar-refractivity contribution in [2.45, 2.75) is 38.8 Å². The molecule has 0 spiro atoms. The molecule has 2 heterocycles. The van der Waals surface area contributed by atoms with Crippen LogP contribution in [0.15, 0.2) is 6.07 Å². The first-order valence-corrected chi connectivity index (χ1v) is 7.25. The summed E-state index contributed by atoms with van der Waals surface area (Å²) >= 11 is 0. The largest absolute Gasteiger partial charge is 0.374 e. The smallest absolute Gasteiger partial charge is 0.0856 e. The summed E-state index contributed by atoms with van der Waals surface area (Å²) in [4.78, 5) is 2.40. The van der Waals surface area contributed by atoms with Gasteiger partial charge < -0.3 is 10.5 Å². The first-order chi connectivity index (χ1) is 9.13. The van der Waals surface area contributed by atoms with Crippen LogP contribution < -0.4 is 5.73 Å². The van der Waals surface area contributed by atoms with Crippen molar-refractivity contribution in [1.29, 1.82) is 0 Å². The second-order valence-corrected chi connectivity index (χ2v) is 5.27. The molecule has 1 aromatic rings. The lowest BCUT2D eigenvalue weighted by Gasteiger charge is -2.35. The summed E-state index contributed by atoms with van der Waals surface area (Å²) in [6.07, 6.45) is 1.92. The maximum atomic E-state index is 6.32. The lowest BCUT2D eigenvalue weighted by Crippen LogP contribution is -2.51. The molecular formula is C14H26N4O. The van der Waals surface area contributed by atoms with E-state index in [4.69, 9.17) is 10.5 Å². The summed E-state index contributed by atoms with van der Waals surface area (Å²) in [5.74, 6) is 0. The van der Waals surface area contributed by atoms with E-state index in [1.807, 2.05) is 11.7 Å². The third kappa shape index (κ3) is 3.55. The fourth-order valence-corrected chi connectivity index (χ4v) is 2.59. The molecule has 19 heavy (non-hydrogen) atoms. The van der Waals surface area contributed by atoms with Gasteiger partial charge in [-0.1, -0.05) is 13.8 Å². The Morgan fingerprint density at radius 1 is 1.53 bits per heavy atom. The van der Waals surface area contributed by atoms with Crippen LogP contribution in [0.4, 0.5) is 0 Å². The van der Waals surface area contributed by atoms with Gasteiger partial charge in [0.25, 0.3) is 0 Å². The Labute approximate surface area is 115 Å². The average Bonchev–Trinajstić information content (AvgIpc) is 2.79. The first-order valence-electron chi connectivity index (χ1n) is 7.25. The molecule has 5 heteroatoms. The normalized spacial score (nSPS) is 22.6. The highest BCUT2D eigenvalue weighted by atomic mass is 16.5. The van der Waals surface area contributed by atoms with Crippen molar-refractivity contribution in [3.05, 3.63) is 17.5 Å². The van der Waals surface area contributed by atoms with Gasteiger partial charge in [0.05, 0.1) is 18.4 Å². The molecule has 1 aromatic heterocycles. The molecule has 2 N–H and O–H groups in total. The van der Waals surface area contributed by atoms with Gasteiger partial charge in [-0.3, -0.25) is 9.58 Å². The van der Waals surface area contributed by atoms with E-state index < -0.39 is 0 Å². The summed E-state index contributed by atoms with van der Waals surface area (Å²) in [6.45, 7) is 8.12. The van der Waals surface area contributed by atoms with E-state index in [0.717, 1.165) is 44.8 Å². The number of morpholine rings is 1. The number of aromatic nitrogens is 2. The van der Waals surface area contributed by atoms with Crippen LogP contribution in [0.1, 0.15) is 25.2 Å². The minimum atomic E-state index is 0.0365. The van der Waals surface area contributed by atoms with Gasteiger partial charge in [0.2, 0.25) is 0 Å². The molecule has 1 aliphatic rings. The number of aryl methyl sites for hydroxylation is 2. The van der Waals surface area contributed by atoms with E-state index in [2.05, 4.69) is 29.9 Å². The Hall–Kier alpha value is -0.910. The molecule has 1 saturated heterocycles. The van der Waals surface area contributed by atoms with E-state index in [9.17, 15) is 0 Å². The highest BCUT2D eigenvalue weighted by molar-refractivity contribution is 5.12. The van der Waals surface area contributed by atoms with Crippen LogP contribution in [0.3, 0.4) is 0 Å². The zero-order valence-corrected chi connectivity index (χ0v) is 12.3. The van der Waals surface area contributed by atoms with Crippen LogP contribution >= 0.6 is 0 Å². The molecule has 108 valence electrons. The highest BCUT2D eigenvalue weighted by Gasteiger charge is 2.26. The second kappa shape index (κ2) is 6.50. The summed E-state index contributed by atoms with van der Waals surface area (Å²) in [5, 5.41) is 4.47. The minimum absolute atomic E-state index is 0.0365. The molecule has 2 unspecified atom stereocenters. The zero-order valence-electron chi connectivity index (χ0n) is 12.3. The van der Waals surface area contributed by atoms with Gasteiger partial charge >= 0.3 is 0 Å². The molecule has 0 saturated carbocycles. The van der Waals surface area contributed by atoms with Crippen molar-refractivity contribution in [2.75, 3.05) is 26.2 Å². The zero-order chi connectivity index (χ0) is 13.8. The van der Waals surface area contributed by atoms with Gasteiger partial charge in [-0.15, -0.1) is 0 Å². The van der Waals surface area contributed by atoms with E-state index in [-0.39, 0.29) is 12.1 Å². The Balaban J connectivity index is 1.95. The maximum Gasteiger partial charge on any atom is 0.0856 e. The van der Waals surface area contributed by atoms with Crippen LogP contribution in [0.25, 0.3) is 0 Å². The van der Waals surface area contributed by atoms with Gasteiger partial charge in [-0.05, 0) is 19.0 Å². The lowest BCUT2D eigenvalue weighted by molar-refractivity contribution is -0.0387. The molecule has 0 aromatic carbocycles. The topological polar surface area (TPSA) is 56.3 Å². The molecule has 2 atom stereocenters. The molecule has 0 radical (unpaired) electrons. The number of hydrogen-bond donors (Lipinski definition) is 1. The van der Waals surface area contributed by atoms with Crippen LogP contribution in [0.2, 0.25) is 0 Å². The number of ether oxygens (including phenoxy) is 1. The van der Waals surface area contributed by atoms with Crippen molar-refractivity contribution in [3.8, 4) is 0 Å². The van der Waals surface area contributed by atoms with Crippen LogP contribution in [0, 0.1) is 0 Å². The second-order valence-electron chi connectivity index (χ2n) is 5.27. The molecule has 0 bridgehead atoms. The number of nitrogens with zero attached hydrogens (tertiary/aromatic N) is 3. The Morgan fingerprint density at radius 2 is 2.32 bits per heavy atom. The Kier molecular flexibility index (Phi) is 4.96. The molecule has 0 aliphatic carbocycles. The standard InChI is InChI=1S/C14H26N4O/c1-4-11-8-12(17(3)16-11)9-13(15)14-10-18(5-2)6-7-19-14/h8,13-14H,4-7,9-10,15H2,1-3H3. The number of likely N-dealkylation sites (N-methyl/N-ethyl adjacent to an activating group) is 1. The molecule has 0 amide bonds.